The Hall–Kier alpha value is -2.89. The van der Waals surface area contributed by atoms with E-state index < -0.39 is 4.92 Å². The van der Waals surface area contributed by atoms with Crippen molar-refractivity contribution in [3.63, 3.8) is 0 Å². The van der Waals surface area contributed by atoms with E-state index in [0.717, 1.165) is 12.0 Å². The minimum atomic E-state index is -0.534. The quantitative estimate of drug-likeness (QED) is 0.588. The number of carbonyl (C=O) groups excluding carboxylic acids is 1. The summed E-state index contributed by atoms with van der Waals surface area (Å²) in [6.45, 7) is 4.52. The molecule has 0 fully saturated rings. The van der Waals surface area contributed by atoms with Gasteiger partial charge in [0.25, 0.3) is 5.91 Å². The fourth-order valence-corrected chi connectivity index (χ4v) is 2.34. The van der Waals surface area contributed by atoms with Crippen molar-refractivity contribution in [1.29, 1.82) is 0 Å². The van der Waals surface area contributed by atoms with Gasteiger partial charge in [0.2, 0.25) is 0 Å². The summed E-state index contributed by atoms with van der Waals surface area (Å²) >= 11 is 0. The normalized spacial score (nSPS) is 10.5. The molecular formula is C19H22N2O4. The molecule has 0 saturated heterocycles. The lowest BCUT2D eigenvalue weighted by Gasteiger charge is -2.09. The van der Waals surface area contributed by atoms with Gasteiger partial charge in [-0.2, -0.15) is 0 Å². The van der Waals surface area contributed by atoms with Gasteiger partial charge >= 0.3 is 5.69 Å². The van der Waals surface area contributed by atoms with Crippen LogP contribution in [0.1, 0.15) is 30.9 Å². The highest BCUT2D eigenvalue weighted by Gasteiger charge is 2.14. The average Bonchev–Trinajstić information content (AvgIpc) is 2.60. The first-order valence-electron chi connectivity index (χ1n) is 8.19. The molecule has 0 radical (unpaired) electrons. The summed E-state index contributed by atoms with van der Waals surface area (Å²) in [5.41, 5.74) is 2.27. The second-order valence-electron chi connectivity index (χ2n) is 6.01. The van der Waals surface area contributed by atoms with Gasteiger partial charge < -0.3 is 10.1 Å². The Labute approximate surface area is 147 Å². The van der Waals surface area contributed by atoms with Crippen LogP contribution < -0.4 is 10.1 Å². The molecule has 0 aliphatic rings. The zero-order valence-electron chi connectivity index (χ0n) is 14.4. The summed E-state index contributed by atoms with van der Waals surface area (Å²) in [5.74, 6) is 0.275. The van der Waals surface area contributed by atoms with Crippen LogP contribution in [0.25, 0.3) is 0 Å². The van der Waals surface area contributed by atoms with Gasteiger partial charge in [0.15, 0.2) is 12.4 Å². The molecule has 0 unspecified atom stereocenters. The largest absolute Gasteiger partial charge is 0.477 e. The molecule has 2 aromatic rings. The molecule has 1 N–H and O–H groups in total. The molecule has 6 heteroatoms. The standard InChI is InChI=1S/C19H22N2O4/c1-14(2)16-9-7-15(8-10-16)11-12-20-19(22)13-25-18-6-4-3-5-17(18)21(23)24/h3-10,14H,11-13H2,1-2H3,(H,20,22). The Morgan fingerprint density at radius 2 is 1.84 bits per heavy atom. The molecule has 2 rings (SSSR count). The maximum Gasteiger partial charge on any atom is 0.310 e. The van der Waals surface area contributed by atoms with E-state index in [4.69, 9.17) is 4.74 Å². The molecule has 1 amide bonds. The lowest BCUT2D eigenvalue weighted by Crippen LogP contribution is -2.30. The van der Waals surface area contributed by atoms with E-state index in [0.29, 0.717) is 12.5 Å². The zero-order valence-corrected chi connectivity index (χ0v) is 14.4. The number of nitro groups is 1. The van der Waals surface area contributed by atoms with Crippen LogP contribution in [0.4, 0.5) is 5.69 Å². The highest BCUT2D eigenvalue weighted by Crippen LogP contribution is 2.25. The smallest absolute Gasteiger partial charge is 0.310 e. The highest BCUT2D eigenvalue weighted by atomic mass is 16.6. The fraction of sp³-hybridized carbons (Fsp3) is 0.316. The van der Waals surface area contributed by atoms with E-state index in [1.165, 1.54) is 17.7 Å². The van der Waals surface area contributed by atoms with E-state index in [9.17, 15) is 14.9 Å². The van der Waals surface area contributed by atoms with E-state index >= 15 is 0 Å². The fourth-order valence-electron chi connectivity index (χ4n) is 2.34. The molecule has 0 aromatic heterocycles. The summed E-state index contributed by atoms with van der Waals surface area (Å²) < 4.78 is 5.25. The van der Waals surface area contributed by atoms with Gasteiger partial charge in [-0.3, -0.25) is 14.9 Å². The first kappa shape index (κ1) is 18.4. The molecule has 2 aromatic carbocycles. The van der Waals surface area contributed by atoms with Crippen molar-refractivity contribution in [2.75, 3.05) is 13.2 Å². The van der Waals surface area contributed by atoms with Crippen LogP contribution in [-0.2, 0) is 11.2 Å². The SMILES string of the molecule is CC(C)c1ccc(CCNC(=O)COc2ccccc2[N+](=O)[O-])cc1. The minimum Gasteiger partial charge on any atom is -0.477 e. The number of hydrogen-bond acceptors (Lipinski definition) is 4. The number of hydrogen-bond donors (Lipinski definition) is 1. The first-order valence-corrected chi connectivity index (χ1v) is 8.19. The first-order chi connectivity index (χ1) is 12.0. The third-order valence-electron chi connectivity index (χ3n) is 3.80. The van der Waals surface area contributed by atoms with Crippen molar-refractivity contribution in [2.24, 2.45) is 0 Å². The van der Waals surface area contributed by atoms with Crippen molar-refractivity contribution in [2.45, 2.75) is 26.2 Å². The summed E-state index contributed by atoms with van der Waals surface area (Å²) in [5, 5.41) is 13.6. The Bertz CT molecular complexity index is 726. The van der Waals surface area contributed by atoms with Crippen molar-refractivity contribution >= 4 is 11.6 Å². The Morgan fingerprint density at radius 1 is 1.16 bits per heavy atom. The van der Waals surface area contributed by atoms with Gasteiger partial charge in [0.05, 0.1) is 4.92 Å². The molecule has 0 atom stereocenters. The van der Waals surface area contributed by atoms with Crippen molar-refractivity contribution < 1.29 is 14.5 Å². The van der Waals surface area contributed by atoms with Crippen molar-refractivity contribution in [3.05, 3.63) is 69.8 Å². The Balaban J connectivity index is 1.77. The van der Waals surface area contributed by atoms with Gasteiger partial charge in [-0.1, -0.05) is 50.2 Å². The number of nitrogens with zero attached hydrogens (tertiary/aromatic N) is 1. The molecule has 0 aliphatic heterocycles. The third-order valence-corrected chi connectivity index (χ3v) is 3.80. The van der Waals surface area contributed by atoms with Crippen molar-refractivity contribution in [1.82, 2.24) is 5.32 Å². The molecule has 0 heterocycles. The van der Waals surface area contributed by atoms with Gasteiger partial charge in [0.1, 0.15) is 0 Å². The van der Waals surface area contributed by atoms with E-state index in [1.807, 2.05) is 0 Å². The third kappa shape index (κ3) is 5.60. The van der Waals surface area contributed by atoms with Crippen LogP contribution in [-0.4, -0.2) is 24.0 Å². The Kier molecular flexibility index (Phi) is 6.51. The second kappa shape index (κ2) is 8.82. The lowest BCUT2D eigenvalue weighted by molar-refractivity contribution is -0.385. The summed E-state index contributed by atoms with van der Waals surface area (Å²) in [6.07, 6.45) is 0.718. The Morgan fingerprint density at radius 3 is 2.48 bits per heavy atom. The van der Waals surface area contributed by atoms with Gasteiger partial charge in [-0.15, -0.1) is 0 Å². The second-order valence-corrected chi connectivity index (χ2v) is 6.01. The number of benzene rings is 2. The molecular weight excluding hydrogens is 320 g/mol. The number of nitrogens with one attached hydrogen (secondary N) is 1. The number of amides is 1. The summed E-state index contributed by atoms with van der Waals surface area (Å²) in [6, 6.07) is 14.3. The molecule has 6 nitrogen and oxygen atoms in total. The number of carbonyl (C=O) groups is 1. The maximum atomic E-state index is 11.8. The van der Waals surface area contributed by atoms with Gasteiger partial charge in [-0.05, 0) is 29.5 Å². The molecule has 0 bridgehead atoms. The maximum absolute atomic E-state index is 11.8. The molecule has 0 spiro atoms. The van der Waals surface area contributed by atoms with Crippen LogP contribution in [0, 0.1) is 10.1 Å². The average molecular weight is 342 g/mol. The number of ether oxygens (including phenoxy) is 1. The van der Waals surface area contributed by atoms with Gasteiger partial charge in [0, 0.05) is 12.6 Å². The van der Waals surface area contributed by atoms with Crippen LogP contribution in [0.5, 0.6) is 5.75 Å². The van der Waals surface area contributed by atoms with Crippen LogP contribution in [0.2, 0.25) is 0 Å². The number of para-hydroxylation sites is 2. The predicted molar refractivity (Wildman–Crippen MR) is 95.8 cm³/mol. The van der Waals surface area contributed by atoms with Crippen LogP contribution in [0.3, 0.4) is 0 Å². The van der Waals surface area contributed by atoms with Crippen molar-refractivity contribution in [3.8, 4) is 5.75 Å². The molecule has 0 saturated carbocycles. The van der Waals surface area contributed by atoms with E-state index in [2.05, 4.69) is 43.4 Å². The predicted octanol–water partition coefficient (Wildman–Crippen LogP) is 3.46. The zero-order chi connectivity index (χ0) is 18.2. The molecule has 132 valence electrons. The van der Waals surface area contributed by atoms with Gasteiger partial charge in [-0.25, -0.2) is 0 Å². The monoisotopic (exact) mass is 342 g/mol. The van der Waals surface area contributed by atoms with Crippen LogP contribution >= 0.6 is 0 Å². The van der Waals surface area contributed by atoms with Crippen LogP contribution in [0.15, 0.2) is 48.5 Å². The summed E-state index contributed by atoms with van der Waals surface area (Å²) in [7, 11) is 0. The number of rotatable bonds is 8. The van der Waals surface area contributed by atoms with E-state index in [-0.39, 0.29) is 24.0 Å². The number of nitro benzene ring substituents is 1. The highest BCUT2D eigenvalue weighted by molar-refractivity contribution is 5.77. The minimum absolute atomic E-state index is 0.0897. The molecule has 25 heavy (non-hydrogen) atoms. The topological polar surface area (TPSA) is 81.5 Å². The lowest BCUT2D eigenvalue weighted by atomic mass is 10.0. The summed E-state index contributed by atoms with van der Waals surface area (Å²) in [4.78, 5) is 22.2. The van der Waals surface area contributed by atoms with E-state index in [1.54, 1.807) is 12.1 Å². The molecule has 0 aliphatic carbocycles.